The highest BCUT2D eigenvalue weighted by atomic mass is 16.6. The zero-order valence-electron chi connectivity index (χ0n) is 14.7. The molecular weight excluding hydrogens is 364 g/mol. The van der Waals surface area contributed by atoms with Crippen molar-refractivity contribution in [2.24, 2.45) is 0 Å². The third-order valence-electron chi connectivity index (χ3n) is 3.99. The number of carbonyl (C=O) groups is 1. The number of benzene rings is 1. The zero-order chi connectivity index (χ0) is 20.1. The first kappa shape index (κ1) is 20.9. The average Bonchev–Trinajstić information content (AvgIpc) is 2.67. The van der Waals surface area contributed by atoms with Gasteiger partial charge in [-0.2, -0.15) is 0 Å². The van der Waals surface area contributed by atoms with E-state index >= 15 is 0 Å². The number of aliphatic hydroxyl groups excluding tert-OH is 4. The number of rotatable bonds is 6. The summed E-state index contributed by atoms with van der Waals surface area (Å²) < 4.78 is 19.8. The third kappa shape index (κ3) is 4.87. The summed E-state index contributed by atoms with van der Waals surface area (Å²) in [7, 11) is 2.73. The van der Waals surface area contributed by atoms with E-state index < -0.39 is 43.3 Å². The van der Waals surface area contributed by atoms with E-state index in [-0.39, 0.29) is 17.2 Å². The summed E-state index contributed by atoms with van der Waals surface area (Å²) in [6.07, 6.45) is -5.27. The Balaban J connectivity index is 1.98. The fourth-order valence-corrected chi connectivity index (χ4v) is 2.46. The predicted molar refractivity (Wildman–Crippen MR) is 90.1 cm³/mol. The van der Waals surface area contributed by atoms with Crippen LogP contribution in [0.1, 0.15) is 5.56 Å². The number of hydrogen-bond acceptors (Lipinski definition) is 10. The van der Waals surface area contributed by atoms with Gasteiger partial charge in [0.05, 0.1) is 14.2 Å². The van der Waals surface area contributed by atoms with Crippen molar-refractivity contribution in [2.45, 2.75) is 30.7 Å². The molecule has 0 amide bonds. The van der Waals surface area contributed by atoms with E-state index in [1.165, 1.54) is 32.4 Å². The van der Waals surface area contributed by atoms with Crippen molar-refractivity contribution < 1.29 is 49.3 Å². The van der Waals surface area contributed by atoms with Gasteiger partial charge in [-0.25, -0.2) is 4.79 Å². The lowest BCUT2D eigenvalue weighted by Gasteiger charge is -2.37. The monoisotopic (exact) mass is 386 g/mol. The summed E-state index contributed by atoms with van der Waals surface area (Å²) in [6.45, 7) is -0.451. The van der Waals surface area contributed by atoms with Gasteiger partial charge >= 0.3 is 5.97 Å². The standard InChI is InChI=1S/C17H22O10/c1-24-9-5-8(6-10(25-2)13(9)19)3-4-12(18)26-7-11-14(20)15(21)16(22)17(23)27-11/h3-6,11,14-17,19-23H,7H2,1-2H3/t11-,14-,15+,16-,17?/m1/s1. The Morgan fingerprint density at radius 3 is 2.22 bits per heavy atom. The van der Waals surface area contributed by atoms with Crippen molar-refractivity contribution in [1.29, 1.82) is 0 Å². The summed E-state index contributed by atoms with van der Waals surface area (Å²) in [5.41, 5.74) is 0.487. The number of methoxy groups -OCH3 is 2. The molecule has 0 radical (unpaired) electrons. The third-order valence-corrected chi connectivity index (χ3v) is 3.99. The summed E-state index contributed by atoms with van der Waals surface area (Å²) in [4.78, 5) is 11.8. The van der Waals surface area contributed by atoms with Gasteiger partial charge in [-0.15, -0.1) is 0 Å². The number of ether oxygens (including phenoxy) is 4. The molecule has 2 rings (SSSR count). The van der Waals surface area contributed by atoms with Gasteiger partial charge in [-0.05, 0) is 23.8 Å². The average molecular weight is 386 g/mol. The van der Waals surface area contributed by atoms with Crippen LogP contribution in [0.5, 0.6) is 17.2 Å². The summed E-state index contributed by atoms with van der Waals surface area (Å²) in [5, 5.41) is 48.0. The normalized spacial score (nSPS) is 28.1. The van der Waals surface area contributed by atoms with Crippen molar-refractivity contribution in [2.75, 3.05) is 20.8 Å². The van der Waals surface area contributed by atoms with E-state index in [4.69, 9.17) is 18.9 Å². The molecule has 0 bridgehead atoms. The molecular formula is C17H22O10. The van der Waals surface area contributed by atoms with Gasteiger partial charge in [0.15, 0.2) is 17.8 Å². The van der Waals surface area contributed by atoms with E-state index in [1.807, 2.05) is 0 Å². The Labute approximate surface area is 154 Å². The van der Waals surface area contributed by atoms with Crippen LogP contribution in [-0.2, 0) is 14.3 Å². The van der Waals surface area contributed by atoms with Crippen LogP contribution in [0.2, 0.25) is 0 Å². The highest BCUT2D eigenvalue weighted by Gasteiger charge is 2.43. The van der Waals surface area contributed by atoms with Crippen LogP contribution in [-0.4, -0.2) is 83.0 Å². The smallest absolute Gasteiger partial charge is 0.330 e. The summed E-state index contributed by atoms with van der Waals surface area (Å²) in [6, 6.07) is 2.95. The van der Waals surface area contributed by atoms with Crippen LogP contribution in [0.25, 0.3) is 6.08 Å². The molecule has 0 aromatic heterocycles. The molecule has 0 saturated carbocycles. The van der Waals surface area contributed by atoms with Crippen LogP contribution < -0.4 is 9.47 Å². The van der Waals surface area contributed by atoms with E-state index in [9.17, 15) is 30.3 Å². The van der Waals surface area contributed by atoms with Gasteiger partial charge in [-0.3, -0.25) is 0 Å². The Kier molecular flexibility index (Phi) is 6.99. The maximum Gasteiger partial charge on any atom is 0.330 e. The van der Waals surface area contributed by atoms with Gasteiger partial charge < -0.3 is 44.5 Å². The number of phenols is 1. The Hall–Kier alpha value is -2.37. The van der Waals surface area contributed by atoms with Crippen LogP contribution in [0.15, 0.2) is 18.2 Å². The molecule has 1 unspecified atom stereocenters. The molecule has 27 heavy (non-hydrogen) atoms. The van der Waals surface area contributed by atoms with Crippen LogP contribution in [0, 0.1) is 0 Å². The fraction of sp³-hybridized carbons (Fsp3) is 0.471. The quantitative estimate of drug-likeness (QED) is 0.296. The van der Waals surface area contributed by atoms with E-state index in [0.29, 0.717) is 5.56 Å². The molecule has 10 heteroatoms. The second kappa shape index (κ2) is 9.02. The second-order valence-electron chi connectivity index (χ2n) is 5.77. The molecule has 0 spiro atoms. The maximum atomic E-state index is 11.8. The Morgan fingerprint density at radius 1 is 1.07 bits per heavy atom. The molecule has 1 fully saturated rings. The predicted octanol–water partition coefficient (Wildman–Crippen LogP) is -1.23. The summed E-state index contributed by atoms with van der Waals surface area (Å²) in [5.74, 6) is -0.653. The molecule has 1 aromatic rings. The number of carbonyl (C=O) groups excluding carboxylic acids is 1. The Morgan fingerprint density at radius 2 is 1.67 bits per heavy atom. The number of aromatic hydroxyl groups is 1. The second-order valence-corrected chi connectivity index (χ2v) is 5.77. The number of phenolic OH excluding ortho intramolecular Hbond substituents is 1. The minimum atomic E-state index is -1.71. The van der Waals surface area contributed by atoms with Crippen molar-refractivity contribution in [3.63, 3.8) is 0 Å². The first-order valence-electron chi connectivity index (χ1n) is 7.96. The van der Waals surface area contributed by atoms with Gasteiger partial charge in [0.1, 0.15) is 31.0 Å². The molecule has 1 aliphatic heterocycles. The van der Waals surface area contributed by atoms with E-state index in [1.54, 1.807) is 0 Å². The van der Waals surface area contributed by atoms with E-state index in [0.717, 1.165) is 6.08 Å². The number of aliphatic hydroxyl groups is 4. The minimum Gasteiger partial charge on any atom is -0.502 e. The largest absolute Gasteiger partial charge is 0.502 e. The first-order valence-corrected chi connectivity index (χ1v) is 7.96. The van der Waals surface area contributed by atoms with Crippen LogP contribution >= 0.6 is 0 Å². The van der Waals surface area contributed by atoms with Crippen LogP contribution in [0.3, 0.4) is 0 Å². The van der Waals surface area contributed by atoms with Crippen molar-refractivity contribution >= 4 is 12.0 Å². The lowest BCUT2D eigenvalue weighted by Crippen LogP contribution is -2.58. The first-order chi connectivity index (χ1) is 12.8. The molecule has 0 aliphatic carbocycles. The molecule has 1 heterocycles. The SMILES string of the molecule is COc1cc(C=CC(=O)OC[C@H]2OC(O)[C@H](O)[C@@H](O)[C@@H]2O)cc(OC)c1O. The fourth-order valence-electron chi connectivity index (χ4n) is 2.46. The molecule has 5 N–H and O–H groups in total. The lowest BCUT2D eigenvalue weighted by molar-refractivity contribution is -0.287. The van der Waals surface area contributed by atoms with Gasteiger partial charge in [0.25, 0.3) is 0 Å². The molecule has 1 aromatic carbocycles. The zero-order valence-corrected chi connectivity index (χ0v) is 14.7. The van der Waals surface area contributed by atoms with Crippen molar-refractivity contribution in [3.05, 3.63) is 23.8 Å². The van der Waals surface area contributed by atoms with Gasteiger partial charge in [0, 0.05) is 6.08 Å². The summed E-state index contributed by atoms with van der Waals surface area (Å²) >= 11 is 0. The highest BCUT2D eigenvalue weighted by Crippen LogP contribution is 2.37. The van der Waals surface area contributed by atoms with Gasteiger partial charge in [0.2, 0.25) is 5.75 Å². The van der Waals surface area contributed by atoms with Crippen molar-refractivity contribution in [3.8, 4) is 17.2 Å². The minimum absolute atomic E-state index is 0.155. The lowest BCUT2D eigenvalue weighted by atomic mass is 9.99. The van der Waals surface area contributed by atoms with Gasteiger partial charge in [-0.1, -0.05) is 0 Å². The number of hydrogen-bond donors (Lipinski definition) is 5. The maximum absolute atomic E-state index is 11.8. The molecule has 1 saturated heterocycles. The molecule has 10 nitrogen and oxygen atoms in total. The molecule has 5 atom stereocenters. The Bertz CT molecular complexity index is 663. The van der Waals surface area contributed by atoms with Crippen LogP contribution in [0.4, 0.5) is 0 Å². The highest BCUT2D eigenvalue weighted by molar-refractivity contribution is 5.87. The molecule has 1 aliphatic rings. The number of esters is 1. The van der Waals surface area contributed by atoms with E-state index in [2.05, 4.69) is 0 Å². The van der Waals surface area contributed by atoms with Crippen molar-refractivity contribution in [1.82, 2.24) is 0 Å². The topological polar surface area (TPSA) is 155 Å². The molecule has 150 valence electrons.